The van der Waals surface area contributed by atoms with Crippen molar-refractivity contribution >= 4 is 188 Å². The molecule has 0 spiro atoms. The highest BCUT2D eigenvalue weighted by atomic mass is 14.3. The number of hydrogen-bond acceptors (Lipinski definition) is 0. The predicted octanol–water partition coefficient (Wildman–Crippen LogP) is 33.7. The van der Waals surface area contributed by atoms with Crippen LogP contribution in [0.1, 0.15) is 179 Å². The first-order chi connectivity index (χ1) is 71.2. The van der Waals surface area contributed by atoms with Gasteiger partial charge in [-0.3, -0.25) is 0 Å². The summed E-state index contributed by atoms with van der Waals surface area (Å²) < 4.78 is 0. The Labute approximate surface area is 885 Å². The van der Waals surface area contributed by atoms with Gasteiger partial charge in [0.2, 0.25) is 20.1 Å². The molecule has 0 amide bonds. The third-order valence-electron chi connectivity index (χ3n) is 33.4. The van der Waals surface area contributed by atoms with Crippen LogP contribution in [0.4, 0.5) is 0 Å². The van der Waals surface area contributed by atoms with Crippen LogP contribution in [-0.2, 0) is 16.2 Å². The summed E-state index contributed by atoms with van der Waals surface area (Å²) in [6, 6.07) is 131. The van der Waals surface area contributed by atoms with Crippen LogP contribution in [0.3, 0.4) is 0 Å². The van der Waals surface area contributed by atoms with E-state index in [1.165, 1.54) is 329 Å². The molecule has 0 bridgehead atoms. The molecule has 0 aliphatic rings. The van der Waals surface area contributed by atoms with Crippen LogP contribution < -0.4 is 49.2 Å². The van der Waals surface area contributed by atoms with Crippen molar-refractivity contribution in [3.05, 3.63) is 457 Å². The molecule has 0 nitrogen and oxygen atoms in total. The normalized spacial score (nSPS) is 12.1. The largest absolute Gasteiger partial charge is 0.243 e. The zero-order valence-corrected chi connectivity index (χ0v) is 92.6. The van der Waals surface area contributed by atoms with Gasteiger partial charge >= 0.3 is 0 Å². The zero-order chi connectivity index (χ0) is 104. The fourth-order valence-corrected chi connectivity index (χ4v) is 27.1. The van der Waals surface area contributed by atoms with E-state index in [0.717, 1.165) is 0 Å². The Balaban J connectivity index is 0.000000127. The van der Waals surface area contributed by atoms with Crippen LogP contribution >= 0.6 is 0 Å². The minimum atomic E-state index is 0.0629. The molecule has 0 unspecified atom stereocenters. The van der Waals surface area contributed by atoms with E-state index in [9.17, 15) is 0 Å². The first-order valence-electron chi connectivity index (χ1n) is 54.1. The summed E-state index contributed by atoms with van der Waals surface area (Å²) in [4.78, 5) is 0. The lowest BCUT2D eigenvalue weighted by Crippen LogP contribution is -2.56. The van der Waals surface area contributed by atoms with Gasteiger partial charge in [0.05, 0.1) is 0 Å². The summed E-state index contributed by atoms with van der Waals surface area (Å²) in [5, 5.41) is 29.3. The smallest absolute Gasteiger partial charge is 0.0629 e. The van der Waals surface area contributed by atoms with E-state index in [2.05, 4.69) is 527 Å². The average Bonchev–Trinajstić information content (AvgIpc) is 0.715. The lowest BCUT2D eigenvalue weighted by molar-refractivity contribution is 0.591. The van der Waals surface area contributed by atoms with Crippen LogP contribution in [0.5, 0.6) is 0 Å². The highest BCUT2D eigenvalue weighted by Gasteiger charge is 2.38. The van der Waals surface area contributed by atoms with Gasteiger partial charge in [-0.1, -0.05) is 545 Å². The number of rotatable bonds is 13. The molecule has 0 aromatic heterocycles. The van der Waals surface area contributed by atoms with Crippen molar-refractivity contribution in [1.29, 1.82) is 0 Å². The average molecular weight is 1920 g/mol. The summed E-state index contributed by atoms with van der Waals surface area (Å²) in [5.74, 6) is 0. The van der Waals surface area contributed by atoms with Gasteiger partial charge in [0.15, 0.2) is 0 Å². The van der Waals surface area contributed by atoms with Gasteiger partial charge in [0.25, 0.3) is 0 Å². The maximum atomic E-state index is 2.56. The summed E-state index contributed by atoms with van der Waals surface area (Å²) in [6.07, 6.45) is 0. The second kappa shape index (κ2) is 37.7. The molecule has 24 aromatic carbocycles. The summed E-state index contributed by atoms with van der Waals surface area (Å²) >= 11 is 0. The maximum absolute atomic E-state index is 2.56. The van der Waals surface area contributed by atoms with Crippen molar-refractivity contribution in [2.45, 2.75) is 203 Å². The Bertz CT molecular complexity index is 9150. The first kappa shape index (κ1) is 98.8. The second-order valence-electron chi connectivity index (χ2n) is 47.7. The molecule has 24 aromatic rings. The van der Waals surface area contributed by atoms with Crippen LogP contribution in [0.25, 0.3) is 163 Å². The molecule has 0 heterocycles. The fraction of sp³-hybridized carbons (Fsp3) is 0.205. The quantitative estimate of drug-likeness (QED) is 0.0797. The van der Waals surface area contributed by atoms with E-state index in [0.29, 0.717) is 0 Å². The summed E-state index contributed by atoms with van der Waals surface area (Å²) in [5.41, 5.74) is 51.4. The summed E-state index contributed by atoms with van der Waals surface area (Å²) in [7, 11) is 0. The molecule has 3 heteroatoms. The molecular formula is C146H137B3. The maximum Gasteiger partial charge on any atom is 0.243 e. The van der Waals surface area contributed by atoms with Crippen molar-refractivity contribution in [1.82, 2.24) is 0 Å². The SMILES string of the molecule is Cc1cc(C)c(B(c2c(C)cc(C)cc2C)c2cc(-c3ccc(-c4ccccc4)cc3)c3ccc4cc(C(C)(C)C)cc5ccc2c3c54)c(C)c1.Cc1cc(C)c(B(c2c(C)cc(C)cc2C)c2cc(-c3ccc4ccccc4c3)c3ccc4cc(C(C)(C)C)cc5ccc2c3c54)c(C)c1.Cc1cc(C)c(B(c2c(C)cc(C)cc2C)c2cc(-c3cccc4ccccc34)c3ccc4cc(C(C)(C)C)cc5ccc2c3c54)c(C)c1. The van der Waals surface area contributed by atoms with Crippen molar-refractivity contribution in [3.63, 3.8) is 0 Å². The lowest BCUT2D eigenvalue weighted by atomic mass is 9.33. The molecule has 0 saturated heterocycles. The number of fused-ring (bicyclic) bond motifs is 2. The Hall–Kier alpha value is -14.9. The third-order valence-corrected chi connectivity index (χ3v) is 33.4. The highest BCUT2D eigenvalue weighted by molar-refractivity contribution is 6.99. The highest BCUT2D eigenvalue weighted by Crippen LogP contribution is 2.48. The minimum Gasteiger partial charge on any atom is -0.0629 e. The van der Waals surface area contributed by atoms with Gasteiger partial charge in [0, 0.05) is 0 Å². The molecule has 149 heavy (non-hydrogen) atoms. The standard InChI is InChI=1S/C50H47B.2C48H45B/c1-30-23-32(3)48(33(4)24-30)51(49-34(5)25-31(2)26-35(49)6)45-29-44(38-17-15-37(16-18-38)36-13-11-10-12-14-36)42-21-19-39-27-41(50(7,8)9)28-40-20-22-43(45)47(42)46(39)40;1-28-21-30(3)46(31(4)22-28)49(47-32(5)23-29(2)24-33(47)6)43-27-42(39-16-12-14-34-13-10-11-15-38(34)39)40-19-17-35-25-37(48(7,8)9)26-36-18-20-41(43)45(40)44(35)36;1-28-20-30(3)46(31(4)21-28)49(47-32(5)22-29(2)23-33(47)6)43-27-42(36-15-14-34-12-10-11-13-35(34)24-36)40-18-16-37-25-39(48(7,8)9)26-38-17-19-41(43)45(40)44(37)38/h10-29H,1-9H3;2*10-27H,1-9H3. The molecule has 0 atom stereocenters. The topological polar surface area (TPSA) is 0 Å². The summed E-state index contributed by atoms with van der Waals surface area (Å²) in [6.45, 7) is 62.2. The number of aryl methyl sites for hydroxylation is 18. The molecule has 0 N–H and O–H groups in total. The van der Waals surface area contributed by atoms with E-state index in [1.54, 1.807) is 0 Å². The Kier molecular flexibility index (Phi) is 25.0. The van der Waals surface area contributed by atoms with Crippen molar-refractivity contribution in [3.8, 4) is 44.5 Å². The Morgan fingerprint density at radius 3 is 0.711 bits per heavy atom. The molecule has 0 saturated carbocycles. The molecule has 0 radical (unpaired) electrons. The van der Waals surface area contributed by atoms with E-state index in [1.807, 2.05) is 0 Å². The zero-order valence-electron chi connectivity index (χ0n) is 92.6. The van der Waals surface area contributed by atoms with Crippen molar-refractivity contribution in [2.75, 3.05) is 0 Å². The lowest BCUT2D eigenvalue weighted by Gasteiger charge is -2.28. The molecule has 0 aliphatic carbocycles. The first-order valence-corrected chi connectivity index (χ1v) is 54.1. The van der Waals surface area contributed by atoms with E-state index in [4.69, 9.17) is 0 Å². The molecule has 730 valence electrons. The molecule has 0 fully saturated rings. The Morgan fingerprint density at radius 2 is 0.389 bits per heavy atom. The fourth-order valence-electron chi connectivity index (χ4n) is 27.1. The number of benzene rings is 24. The van der Waals surface area contributed by atoms with Crippen molar-refractivity contribution < 1.29 is 0 Å². The number of hydrogen-bond donors (Lipinski definition) is 0. The van der Waals surface area contributed by atoms with Gasteiger partial charge in [0.1, 0.15) is 0 Å². The van der Waals surface area contributed by atoms with Gasteiger partial charge in [-0.05, 0) is 327 Å². The molecular weight excluding hydrogens is 1790 g/mol. The van der Waals surface area contributed by atoms with Crippen LogP contribution in [-0.4, -0.2) is 20.1 Å². The predicted molar refractivity (Wildman–Crippen MR) is 661 cm³/mol. The van der Waals surface area contributed by atoms with Gasteiger partial charge in [-0.2, -0.15) is 0 Å². The monoisotopic (exact) mass is 1920 g/mol. The second-order valence-corrected chi connectivity index (χ2v) is 47.7. The minimum absolute atomic E-state index is 0.0629. The van der Waals surface area contributed by atoms with E-state index >= 15 is 0 Å². The Morgan fingerprint density at radius 1 is 0.148 bits per heavy atom. The van der Waals surface area contributed by atoms with Crippen LogP contribution in [0.15, 0.2) is 340 Å². The molecule has 0 aliphatic heterocycles. The molecule has 24 rings (SSSR count). The van der Waals surface area contributed by atoms with E-state index < -0.39 is 0 Å². The van der Waals surface area contributed by atoms with Crippen molar-refractivity contribution in [2.24, 2.45) is 0 Å². The van der Waals surface area contributed by atoms with Crippen LogP contribution in [0.2, 0.25) is 0 Å². The van der Waals surface area contributed by atoms with Gasteiger partial charge in [-0.25, -0.2) is 0 Å². The van der Waals surface area contributed by atoms with Crippen LogP contribution in [0, 0.1) is 125 Å². The van der Waals surface area contributed by atoms with Gasteiger partial charge < -0.3 is 0 Å². The third kappa shape index (κ3) is 17.6. The van der Waals surface area contributed by atoms with E-state index in [-0.39, 0.29) is 36.4 Å². The van der Waals surface area contributed by atoms with Gasteiger partial charge in [-0.15, -0.1) is 0 Å².